The molecular weight excluding hydrogens is 491 g/mol. The minimum atomic E-state index is -0.626. The topological polar surface area (TPSA) is 100 Å². The van der Waals surface area contributed by atoms with Crippen LogP contribution in [0.2, 0.25) is 0 Å². The van der Waals surface area contributed by atoms with Crippen molar-refractivity contribution in [2.45, 2.75) is 43.9 Å². The first-order valence-corrected chi connectivity index (χ1v) is 12.9. The number of halogens is 1. The molecule has 1 saturated heterocycles. The third-order valence-electron chi connectivity index (χ3n) is 6.91. The molecule has 10 heteroatoms. The highest BCUT2D eigenvalue weighted by molar-refractivity contribution is 6.05. The summed E-state index contributed by atoms with van der Waals surface area (Å²) < 4.78 is 26.2. The number of benzene rings is 2. The molecule has 0 saturated carbocycles. The fourth-order valence-electron chi connectivity index (χ4n) is 4.85. The van der Waals surface area contributed by atoms with Crippen LogP contribution in [0.25, 0.3) is 0 Å². The van der Waals surface area contributed by atoms with E-state index in [0.29, 0.717) is 36.4 Å². The van der Waals surface area contributed by atoms with E-state index in [1.54, 1.807) is 36.2 Å². The summed E-state index contributed by atoms with van der Waals surface area (Å²) in [6, 6.07) is 10.2. The first-order valence-electron chi connectivity index (χ1n) is 12.9. The number of ether oxygens (including phenoxy) is 2. The Morgan fingerprint density at radius 2 is 1.95 bits per heavy atom. The second-order valence-corrected chi connectivity index (χ2v) is 10.0. The number of anilines is 1. The Labute approximate surface area is 222 Å². The summed E-state index contributed by atoms with van der Waals surface area (Å²) in [5, 5.41) is 5.60. The molecule has 4 rings (SSSR count). The lowest BCUT2D eigenvalue weighted by molar-refractivity contribution is -0.134. The molecule has 0 spiro atoms. The van der Waals surface area contributed by atoms with E-state index >= 15 is 0 Å². The summed E-state index contributed by atoms with van der Waals surface area (Å²) in [5.41, 5.74) is 0.575. The van der Waals surface area contributed by atoms with Crippen LogP contribution in [0.5, 0.6) is 5.75 Å². The van der Waals surface area contributed by atoms with E-state index in [-0.39, 0.29) is 48.7 Å². The maximum Gasteiger partial charge on any atom is 0.258 e. The molecule has 1 fully saturated rings. The van der Waals surface area contributed by atoms with Crippen LogP contribution in [0.15, 0.2) is 42.5 Å². The Morgan fingerprint density at radius 3 is 2.71 bits per heavy atom. The van der Waals surface area contributed by atoms with E-state index in [0.717, 1.165) is 13.0 Å². The van der Waals surface area contributed by atoms with Gasteiger partial charge in [-0.05, 0) is 70.2 Å². The fourth-order valence-corrected chi connectivity index (χ4v) is 4.85. The molecule has 0 radical (unpaired) electrons. The Morgan fingerprint density at radius 1 is 1.16 bits per heavy atom. The van der Waals surface area contributed by atoms with Gasteiger partial charge in [-0.25, -0.2) is 4.39 Å². The molecule has 0 unspecified atom stereocenters. The van der Waals surface area contributed by atoms with Crippen LogP contribution in [0, 0.1) is 5.82 Å². The summed E-state index contributed by atoms with van der Waals surface area (Å²) in [6.07, 6.45) is 1.85. The predicted octanol–water partition coefficient (Wildman–Crippen LogP) is 2.92. The molecule has 2 aliphatic heterocycles. The first kappa shape index (κ1) is 27.5. The molecule has 204 valence electrons. The average Bonchev–Trinajstić information content (AvgIpc) is 2.89. The molecule has 0 aliphatic carbocycles. The molecule has 9 nitrogen and oxygen atoms in total. The highest BCUT2D eigenvalue weighted by Crippen LogP contribution is 2.32. The Bertz CT molecular complexity index is 1170. The summed E-state index contributed by atoms with van der Waals surface area (Å²) in [4.78, 5) is 42.1. The van der Waals surface area contributed by atoms with Crippen LogP contribution in [-0.4, -0.2) is 86.6 Å². The second-order valence-electron chi connectivity index (χ2n) is 10.0. The lowest BCUT2D eigenvalue weighted by Crippen LogP contribution is -2.54. The van der Waals surface area contributed by atoms with E-state index < -0.39 is 11.7 Å². The van der Waals surface area contributed by atoms with E-state index in [4.69, 9.17) is 9.47 Å². The predicted molar refractivity (Wildman–Crippen MR) is 141 cm³/mol. The van der Waals surface area contributed by atoms with E-state index in [2.05, 4.69) is 15.5 Å². The van der Waals surface area contributed by atoms with E-state index in [1.807, 2.05) is 14.1 Å². The van der Waals surface area contributed by atoms with Crippen molar-refractivity contribution in [3.05, 3.63) is 59.4 Å². The highest BCUT2D eigenvalue weighted by Gasteiger charge is 2.39. The maximum atomic E-state index is 14.0. The molecule has 38 heavy (non-hydrogen) atoms. The number of nitrogens with one attached hydrogen (secondary N) is 2. The summed E-state index contributed by atoms with van der Waals surface area (Å²) >= 11 is 0. The third kappa shape index (κ3) is 6.68. The highest BCUT2D eigenvalue weighted by atomic mass is 19.1. The van der Waals surface area contributed by atoms with Crippen molar-refractivity contribution in [3.63, 3.8) is 0 Å². The van der Waals surface area contributed by atoms with Crippen LogP contribution >= 0.6 is 0 Å². The molecule has 3 atom stereocenters. The molecule has 2 aromatic rings. The Balaban J connectivity index is 1.39. The van der Waals surface area contributed by atoms with Crippen molar-refractivity contribution in [1.29, 1.82) is 0 Å². The molecule has 0 aromatic heterocycles. The molecule has 2 heterocycles. The summed E-state index contributed by atoms with van der Waals surface area (Å²) in [6.45, 7) is 1.75. The lowest BCUT2D eigenvalue weighted by Gasteiger charge is -2.42. The van der Waals surface area contributed by atoms with Crippen LogP contribution in [0.4, 0.5) is 10.1 Å². The average molecular weight is 527 g/mol. The Kier molecular flexibility index (Phi) is 8.96. The fraction of sp³-hybridized carbons (Fsp3) is 0.464. The van der Waals surface area contributed by atoms with Gasteiger partial charge in [0.05, 0.1) is 29.7 Å². The number of carbonyl (C=O) groups is 3. The van der Waals surface area contributed by atoms with Crippen molar-refractivity contribution in [1.82, 2.24) is 15.1 Å². The number of rotatable bonds is 8. The second kappa shape index (κ2) is 12.4. The van der Waals surface area contributed by atoms with E-state index in [9.17, 15) is 18.8 Å². The number of amides is 3. The van der Waals surface area contributed by atoms with Gasteiger partial charge < -0.3 is 29.9 Å². The van der Waals surface area contributed by atoms with Gasteiger partial charge in [-0.1, -0.05) is 12.1 Å². The SMILES string of the molecule is CN(C)CCCNC(=O)C[C@H]1CC[C@@H]2[C@@H](COc3ccc(NC(=O)c4ccccc4F)cc3C(=O)N2C)O1. The number of hydrogen-bond acceptors (Lipinski definition) is 6. The zero-order chi connectivity index (χ0) is 27.2. The maximum absolute atomic E-state index is 14.0. The van der Waals surface area contributed by atoms with Crippen molar-refractivity contribution >= 4 is 23.4 Å². The summed E-state index contributed by atoms with van der Waals surface area (Å²) in [7, 11) is 5.72. The van der Waals surface area contributed by atoms with Crippen molar-refractivity contribution in [2.75, 3.05) is 46.2 Å². The van der Waals surface area contributed by atoms with Crippen LogP contribution in [0.3, 0.4) is 0 Å². The Hall–Kier alpha value is -3.50. The van der Waals surface area contributed by atoms with Crippen LogP contribution < -0.4 is 15.4 Å². The van der Waals surface area contributed by atoms with Gasteiger partial charge in [0.1, 0.15) is 24.3 Å². The largest absolute Gasteiger partial charge is 0.490 e. The van der Waals surface area contributed by atoms with Crippen molar-refractivity contribution < 1.29 is 28.2 Å². The van der Waals surface area contributed by atoms with Gasteiger partial charge in [-0.2, -0.15) is 0 Å². The van der Waals surface area contributed by atoms with Crippen LogP contribution in [-0.2, 0) is 9.53 Å². The lowest BCUT2D eigenvalue weighted by atomic mass is 9.94. The van der Waals surface area contributed by atoms with Gasteiger partial charge in [-0.15, -0.1) is 0 Å². The normalized spacial score (nSPS) is 21.0. The zero-order valence-electron chi connectivity index (χ0n) is 22.0. The van der Waals surface area contributed by atoms with Crippen molar-refractivity contribution in [2.24, 2.45) is 0 Å². The molecule has 0 bridgehead atoms. The quantitative estimate of drug-likeness (QED) is 0.513. The van der Waals surface area contributed by atoms with Gasteiger partial charge in [-0.3, -0.25) is 14.4 Å². The molecule has 2 N–H and O–H groups in total. The monoisotopic (exact) mass is 526 g/mol. The molecular formula is C28H35FN4O5. The standard InChI is InChI=1S/C28H35FN4O5/c1-32(2)14-6-13-30-26(34)16-19-10-11-23-25(38-19)17-37-24-12-9-18(15-21(24)28(36)33(23)3)31-27(35)20-7-4-5-8-22(20)29/h4-5,7-9,12,15,19,23,25H,6,10-11,13-14,16-17H2,1-3H3,(H,30,34)(H,31,35)/t19-,23-,25-/m1/s1. The molecule has 2 aromatic carbocycles. The smallest absolute Gasteiger partial charge is 0.258 e. The van der Waals surface area contributed by atoms with Gasteiger partial charge in [0, 0.05) is 19.3 Å². The molecule has 3 amide bonds. The number of hydrogen-bond donors (Lipinski definition) is 2. The van der Waals surface area contributed by atoms with Crippen molar-refractivity contribution in [3.8, 4) is 5.75 Å². The zero-order valence-corrected chi connectivity index (χ0v) is 22.0. The minimum Gasteiger partial charge on any atom is -0.490 e. The first-order chi connectivity index (χ1) is 18.2. The number of fused-ring (bicyclic) bond motifs is 2. The van der Waals surface area contributed by atoms with Gasteiger partial charge in [0.2, 0.25) is 5.91 Å². The molecule has 2 aliphatic rings. The van der Waals surface area contributed by atoms with Gasteiger partial charge in [0.25, 0.3) is 11.8 Å². The number of likely N-dealkylation sites (N-methyl/N-ethyl adjacent to an activating group) is 1. The van der Waals surface area contributed by atoms with E-state index in [1.165, 1.54) is 18.2 Å². The number of carbonyl (C=O) groups excluding carboxylic acids is 3. The third-order valence-corrected chi connectivity index (χ3v) is 6.91. The van der Waals surface area contributed by atoms with Gasteiger partial charge in [0.15, 0.2) is 0 Å². The minimum absolute atomic E-state index is 0.0429. The summed E-state index contributed by atoms with van der Waals surface area (Å²) in [5.74, 6) is -1.17. The van der Waals surface area contributed by atoms with Crippen LogP contribution in [0.1, 0.15) is 46.4 Å². The van der Waals surface area contributed by atoms with Gasteiger partial charge >= 0.3 is 0 Å². The number of nitrogens with zero attached hydrogens (tertiary/aromatic N) is 2.